The summed E-state index contributed by atoms with van der Waals surface area (Å²) in [6, 6.07) is 4.19. The number of fused-ring (bicyclic) bond motifs is 4. The predicted octanol–water partition coefficient (Wildman–Crippen LogP) is 2.68. The number of rotatable bonds is 3. The molecule has 120 valence electrons. The minimum atomic E-state index is -0.117. The lowest BCUT2D eigenvalue weighted by Crippen LogP contribution is -2.62. The Kier molecular flexibility index (Phi) is 3.45. The molecule has 23 heavy (non-hydrogen) atoms. The first-order valence-corrected chi connectivity index (χ1v) is 8.22. The summed E-state index contributed by atoms with van der Waals surface area (Å²) < 4.78 is 5.62. The van der Waals surface area contributed by atoms with Gasteiger partial charge in [0.15, 0.2) is 0 Å². The van der Waals surface area contributed by atoms with Crippen LogP contribution in [0.4, 0.5) is 0 Å². The molecule has 2 atom stereocenters. The van der Waals surface area contributed by atoms with Gasteiger partial charge in [0.05, 0.1) is 0 Å². The Hall–Kier alpha value is -2.14. The molecule has 5 heteroatoms. The van der Waals surface area contributed by atoms with Gasteiger partial charge in [-0.05, 0) is 50.9 Å². The normalized spacial score (nSPS) is 29.6. The molecule has 0 aliphatic carbocycles. The Labute approximate surface area is 135 Å². The van der Waals surface area contributed by atoms with Gasteiger partial charge in [-0.25, -0.2) is 0 Å². The maximum absolute atomic E-state index is 12.6. The van der Waals surface area contributed by atoms with Crippen LogP contribution in [0.3, 0.4) is 0 Å². The molecule has 0 radical (unpaired) electrons. The molecular weight excluding hydrogens is 290 g/mol. The number of furan rings is 1. The number of hydrogen-bond donors (Lipinski definition) is 1. The first-order valence-electron chi connectivity index (χ1n) is 8.22. The Morgan fingerprint density at radius 3 is 2.91 bits per heavy atom. The maximum Gasteiger partial charge on any atom is 0.270 e. The average Bonchev–Trinajstić information content (AvgIpc) is 3.00. The lowest BCUT2D eigenvalue weighted by atomic mass is 9.79. The van der Waals surface area contributed by atoms with Crippen molar-refractivity contribution in [3.05, 3.63) is 36.4 Å². The Morgan fingerprint density at radius 2 is 2.22 bits per heavy atom. The summed E-state index contributed by atoms with van der Waals surface area (Å²) in [7, 11) is 0. The van der Waals surface area contributed by atoms with Crippen LogP contribution in [0.1, 0.15) is 36.0 Å². The molecule has 3 fully saturated rings. The van der Waals surface area contributed by atoms with Crippen molar-refractivity contribution in [2.75, 3.05) is 13.1 Å². The number of pyridine rings is 1. The largest absolute Gasteiger partial charge is 0.457 e. The van der Waals surface area contributed by atoms with Crippen molar-refractivity contribution >= 4 is 23.0 Å². The van der Waals surface area contributed by atoms with Gasteiger partial charge in [-0.1, -0.05) is 6.58 Å². The van der Waals surface area contributed by atoms with Gasteiger partial charge in [-0.2, -0.15) is 0 Å². The van der Waals surface area contributed by atoms with Crippen molar-refractivity contribution in [1.29, 1.82) is 0 Å². The molecule has 0 saturated carbocycles. The van der Waals surface area contributed by atoms with Crippen molar-refractivity contribution in [3.63, 3.8) is 0 Å². The van der Waals surface area contributed by atoms with Crippen LogP contribution in [0, 0.1) is 5.92 Å². The van der Waals surface area contributed by atoms with Crippen LogP contribution >= 0.6 is 0 Å². The standard InChI is InChI=1S/C18H21N3O2/c1-3-14-8-13-10-19-15(9-16(13)23-14)18(22)20-17-11(2)21-6-4-12(17)5-7-21/h3,8-12,17H,1,4-7H2,2H3,(H,20,22)/t11-,17-/m0/s1. The molecule has 2 bridgehead atoms. The number of aromatic nitrogens is 1. The van der Waals surface area contributed by atoms with Crippen molar-refractivity contribution < 1.29 is 9.21 Å². The fourth-order valence-electron chi connectivity index (χ4n) is 3.95. The number of nitrogens with zero attached hydrogens (tertiary/aromatic N) is 2. The number of amides is 1. The quantitative estimate of drug-likeness (QED) is 0.947. The topological polar surface area (TPSA) is 58.4 Å². The highest BCUT2D eigenvalue weighted by Crippen LogP contribution is 2.32. The van der Waals surface area contributed by atoms with E-state index in [9.17, 15) is 4.79 Å². The summed E-state index contributed by atoms with van der Waals surface area (Å²) >= 11 is 0. The lowest BCUT2D eigenvalue weighted by Gasteiger charge is -2.49. The van der Waals surface area contributed by atoms with Gasteiger partial charge in [0.25, 0.3) is 5.91 Å². The Balaban J connectivity index is 1.55. The molecule has 3 aliphatic heterocycles. The van der Waals surface area contributed by atoms with Crippen molar-refractivity contribution in [2.45, 2.75) is 31.8 Å². The van der Waals surface area contributed by atoms with E-state index in [-0.39, 0.29) is 11.9 Å². The molecule has 1 N–H and O–H groups in total. The van der Waals surface area contributed by atoms with E-state index in [0.29, 0.717) is 29.0 Å². The Bertz CT molecular complexity index is 757. The van der Waals surface area contributed by atoms with Crippen LogP contribution in [0.5, 0.6) is 0 Å². The van der Waals surface area contributed by atoms with Crippen LogP contribution in [-0.4, -0.2) is 41.0 Å². The first kappa shape index (κ1) is 14.5. The number of nitrogens with one attached hydrogen (secondary N) is 1. The molecule has 1 amide bonds. The summed E-state index contributed by atoms with van der Waals surface area (Å²) in [5.74, 6) is 1.15. The predicted molar refractivity (Wildman–Crippen MR) is 89.1 cm³/mol. The smallest absolute Gasteiger partial charge is 0.270 e. The van der Waals surface area contributed by atoms with Crippen LogP contribution in [0.2, 0.25) is 0 Å². The van der Waals surface area contributed by atoms with E-state index in [4.69, 9.17) is 4.42 Å². The molecule has 0 unspecified atom stereocenters. The van der Waals surface area contributed by atoms with Gasteiger partial charge in [-0.3, -0.25) is 14.7 Å². The fraction of sp³-hybridized carbons (Fsp3) is 0.444. The summed E-state index contributed by atoms with van der Waals surface area (Å²) in [5.41, 5.74) is 1.08. The molecule has 2 aromatic rings. The van der Waals surface area contributed by atoms with Crippen molar-refractivity contribution in [1.82, 2.24) is 15.2 Å². The molecule has 3 aliphatic rings. The van der Waals surface area contributed by atoms with E-state index in [0.717, 1.165) is 18.5 Å². The van der Waals surface area contributed by atoms with Crippen LogP contribution < -0.4 is 5.32 Å². The van der Waals surface area contributed by atoms with E-state index in [1.807, 2.05) is 6.07 Å². The second kappa shape index (κ2) is 5.49. The SMILES string of the molecule is C=Cc1cc2cnc(C(=O)N[C@@H]3C4CCN(CC4)[C@H]3C)cc2o1. The number of hydrogen-bond acceptors (Lipinski definition) is 4. The van der Waals surface area contributed by atoms with Gasteiger partial charge in [-0.15, -0.1) is 0 Å². The monoisotopic (exact) mass is 311 g/mol. The van der Waals surface area contributed by atoms with Gasteiger partial charge in [0.1, 0.15) is 17.0 Å². The third kappa shape index (κ3) is 2.45. The highest BCUT2D eigenvalue weighted by atomic mass is 16.3. The zero-order valence-corrected chi connectivity index (χ0v) is 13.3. The fourth-order valence-corrected chi connectivity index (χ4v) is 3.95. The van der Waals surface area contributed by atoms with Gasteiger partial charge in [0.2, 0.25) is 0 Å². The molecule has 5 rings (SSSR count). The van der Waals surface area contributed by atoms with Gasteiger partial charge < -0.3 is 9.73 Å². The Morgan fingerprint density at radius 1 is 1.43 bits per heavy atom. The van der Waals surface area contributed by atoms with E-state index < -0.39 is 0 Å². The molecule has 2 aromatic heterocycles. The van der Waals surface area contributed by atoms with Crippen LogP contribution in [-0.2, 0) is 0 Å². The number of piperidine rings is 3. The molecule has 3 saturated heterocycles. The number of carbonyl (C=O) groups excluding carboxylic acids is 1. The van der Waals surface area contributed by atoms with Gasteiger partial charge in [0, 0.05) is 29.7 Å². The molecule has 0 spiro atoms. The minimum absolute atomic E-state index is 0.117. The zero-order valence-electron chi connectivity index (χ0n) is 13.3. The summed E-state index contributed by atoms with van der Waals surface area (Å²) in [6.07, 6.45) is 5.67. The van der Waals surface area contributed by atoms with Crippen LogP contribution in [0.25, 0.3) is 17.0 Å². The van der Waals surface area contributed by atoms with E-state index in [1.54, 1.807) is 18.3 Å². The highest BCUT2D eigenvalue weighted by Gasteiger charge is 2.40. The highest BCUT2D eigenvalue weighted by molar-refractivity contribution is 5.95. The molecule has 5 nitrogen and oxygen atoms in total. The third-order valence-corrected chi connectivity index (χ3v) is 5.33. The van der Waals surface area contributed by atoms with Gasteiger partial charge >= 0.3 is 0 Å². The lowest BCUT2D eigenvalue weighted by molar-refractivity contribution is 0.0216. The van der Waals surface area contributed by atoms with Crippen LogP contribution in [0.15, 0.2) is 29.3 Å². The van der Waals surface area contributed by atoms with E-state index >= 15 is 0 Å². The van der Waals surface area contributed by atoms with Crippen molar-refractivity contribution in [2.24, 2.45) is 5.92 Å². The number of carbonyl (C=O) groups is 1. The first-order chi connectivity index (χ1) is 11.2. The van der Waals surface area contributed by atoms with E-state index in [2.05, 4.69) is 28.7 Å². The second-order valence-corrected chi connectivity index (χ2v) is 6.57. The summed E-state index contributed by atoms with van der Waals surface area (Å²) in [6.45, 7) is 8.20. The molecular formula is C18H21N3O2. The maximum atomic E-state index is 12.6. The zero-order chi connectivity index (χ0) is 16.0. The van der Waals surface area contributed by atoms with E-state index in [1.165, 1.54) is 12.8 Å². The molecule has 5 heterocycles. The third-order valence-electron chi connectivity index (χ3n) is 5.33. The second-order valence-electron chi connectivity index (χ2n) is 6.57. The minimum Gasteiger partial charge on any atom is -0.457 e. The molecule has 0 aromatic carbocycles. The average molecular weight is 311 g/mol. The summed E-state index contributed by atoms with van der Waals surface area (Å²) in [4.78, 5) is 19.4. The summed E-state index contributed by atoms with van der Waals surface area (Å²) in [5, 5.41) is 4.08. The van der Waals surface area contributed by atoms with Crippen molar-refractivity contribution in [3.8, 4) is 0 Å².